The monoisotopic (exact) mass is 419 g/mol. The molecule has 0 saturated carbocycles. The van der Waals surface area contributed by atoms with Gasteiger partial charge >= 0.3 is 6.18 Å². The molecule has 0 bridgehead atoms. The van der Waals surface area contributed by atoms with E-state index in [4.69, 9.17) is 9.15 Å². The summed E-state index contributed by atoms with van der Waals surface area (Å²) in [5.74, 6) is 0.387. The third kappa shape index (κ3) is 3.72. The van der Waals surface area contributed by atoms with E-state index in [1.807, 2.05) is 0 Å². The van der Waals surface area contributed by atoms with E-state index in [0.717, 1.165) is 0 Å². The molecule has 0 radical (unpaired) electrons. The van der Waals surface area contributed by atoms with Crippen LogP contribution in [0.4, 0.5) is 13.2 Å². The molecular formula is C21H20F3N3O3. The van der Waals surface area contributed by atoms with E-state index >= 15 is 0 Å². The molecule has 6 nitrogen and oxygen atoms in total. The number of halogens is 3. The van der Waals surface area contributed by atoms with E-state index in [1.54, 1.807) is 37.4 Å². The summed E-state index contributed by atoms with van der Waals surface area (Å²) in [4.78, 5) is 12.2. The second-order valence-corrected chi connectivity index (χ2v) is 6.99. The molecule has 158 valence electrons. The van der Waals surface area contributed by atoms with Gasteiger partial charge in [0.2, 0.25) is 0 Å². The number of methoxy groups -OCH3 is 1. The van der Waals surface area contributed by atoms with Crippen LogP contribution in [-0.4, -0.2) is 35.9 Å². The number of hydrogen-bond donors (Lipinski definition) is 1. The molecule has 3 aromatic rings. The number of nitrogens with one attached hydrogen (secondary N) is 1. The molecule has 0 saturated heterocycles. The Kier molecular flexibility index (Phi) is 5.38. The lowest BCUT2D eigenvalue weighted by atomic mass is 9.94. The standard InChI is InChI=1S/C21H20F3N3O3/c1-29-11-2-10-25-20(28)13-3-5-14(6-4-13)27-18-15-9-12-30-17(15)8-7-16(18)19(26-27)21(22,23)24/h3-6,9,12H,2,7-8,10-11H2,1H3,(H,25,28). The molecule has 30 heavy (non-hydrogen) atoms. The maximum Gasteiger partial charge on any atom is 0.435 e. The highest BCUT2D eigenvalue weighted by atomic mass is 19.4. The molecule has 0 spiro atoms. The number of hydrogen-bond acceptors (Lipinski definition) is 4. The molecule has 0 unspecified atom stereocenters. The zero-order valence-corrected chi connectivity index (χ0v) is 16.3. The molecule has 1 aliphatic carbocycles. The molecule has 1 aliphatic rings. The number of alkyl halides is 3. The minimum atomic E-state index is -4.56. The number of amides is 1. The van der Waals surface area contributed by atoms with E-state index < -0.39 is 11.9 Å². The second kappa shape index (κ2) is 7.98. The van der Waals surface area contributed by atoms with Gasteiger partial charge in [-0.05, 0) is 43.2 Å². The summed E-state index contributed by atoms with van der Waals surface area (Å²) in [5, 5.41) is 6.67. The fourth-order valence-electron chi connectivity index (χ4n) is 3.64. The van der Waals surface area contributed by atoms with Gasteiger partial charge in [0.05, 0.1) is 17.6 Å². The van der Waals surface area contributed by atoms with Crippen LogP contribution in [0.5, 0.6) is 0 Å². The molecule has 0 fully saturated rings. The van der Waals surface area contributed by atoms with Crippen LogP contribution in [-0.2, 0) is 23.8 Å². The van der Waals surface area contributed by atoms with Gasteiger partial charge in [0.15, 0.2) is 5.69 Å². The van der Waals surface area contributed by atoms with Gasteiger partial charge in [-0.25, -0.2) is 4.68 Å². The highest BCUT2D eigenvalue weighted by Gasteiger charge is 2.41. The van der Waals surface area contributed by atoms with Crippen molar-refractivity contribution in [3.63, 3.8) is 0 Å². The average Bonchev–Trinajstić information content (AvgIpc) is 3.35. The van der Waals surface area contributed by atoms with Gasteiger partial charge in [0.25, 0.3) is 5.91 Å². The van der Waals surface area contributed by atoms with E-state index in [-0.39, 0.29) is 17.9 Å². The predicted octanol–water partition coefficient (Wildman–Crippen LogP) is 4.02. The number of aromatic nitrogens is 2. The molecule has 1 N–H and O–H groups in total. The van der Waals surface area contributed by atoms with Crippen LogP contribution in [0.25, 0.3) is 16.9 Å². The van der Waals surface area contributed by atoms with Crippen LogP contribution >= 0.6 is 0 Å². The minimum Gasteiger partial charge on any atom is -0.469 e. The third-order valence-corrected chi connectivity index (χ3v) is 5.04. The van der Waals surface area contributed by atoms with Crippen molar-refractivity contribution >= 4 is 5.91 Å². The summed E-state index contributed by atoms with van der Waals surface area (Å²) in [6, 6.07) is 7.98. The number of fused-ring (bicyclic) bond motifs is 3. The van der Waals surface area contributed by atoms with Gasteiger partial charge in [-0.2, -0.15) is 18.3 Å². The van der Waals surface area contributed by atoms with Crippen molar-refractivity contribution in [2.45, 2.75) is 25.4 Å². The van der Waals surface area contributed by atoms with E-state index in [9.17, 15) is 18.0 Å². The van der Waals surface area contributed by atoms with Gasteiger partial charge in [-0.1, -0.05) is 0 Å². The summed E-state index contributed by atoms with van der Waals surface area (Å²) in [7, 11) is 1.59. The highest BCUT2D eigenvalue weighted by molar-refractivity contribution is 5.94. The van der Waals surface area contributed by atoms with E-state index in [1.165, 1.54) is 10.9 Å². The molecule has 9 heteroatoms. The number of carbonyl (C=O) groups is 1. The normalized spacial score (nSPS) is 13.1. The Labute approximate surface area is 170 Å². The summed E-state index contributed by atoms with van der Waals surface area (Å²) in [6.45, 7) is 1.01. The molecule has 0 aliphatic heterocycles. The van der Waals surface area contributed by atoms with Crippen molar-refractivity contribution in [2.75, 3.05) is 20.3 Å². The second-order valence-electron chi connectivity index (χ2n) is 6.99. The molecule has 0 atom stereocenters. The van der Waals surface area contributed by atoms with Crippen LogP contribution in [0, 0.1) is 0 Å². The van der Waals surface area contributed by atoms with Gasteiger partial charge in [-0.3, -0.25) is 4.79 Å². The Morgan fingerprint density at radius 1 is 1.23 bits per heavy atom. The maximum absolute atomic E-state index is 13.6. The summed E-state index contributed by atoms with van der Waals surface area (Å²) in [6.07, 6.45) is -1.80. The van der Waals surface area contributed by atoms with Gasteiger partial charge in [-0.15, -0.1) is 0 Å². The fourth-order valence-corrected chi connectivity index (χ4v) is 3.64. The lowest BCUT2D eigenvalue weighted by Gasteiger charge is -2.15. The maximum atomic E-state index is 13.6. The average molecular weight is 419 g/mol. The van der Waals surface area contributed by atoms with Crippen LogP contribution in [0.2, 0.25) is 0 Å². The molecule has 2 aromatic heterocycles. The zero-order chi connectivity index (χ0) is 21.3. The lowest BCUT2D eigenvalue weighted by molar-refractivity contribution is -0.142. The molecular weight excluding hydrogens is 399 g/mol. The SMILES string of the molecule is COCCCNC(=O)c1ccc(-n2nc(C(F)(F)F)c3c2-c2ccoc2CC3)cc1. The Balaban J connectivity index is 1.67. The largest absolute Gasteiger partial charge is 0.469 e. The third-order valence-electron chi connectivity index (χ3n) is 5.04. The topological polar surface area (TPSA) is 69.3 Å². The Morgan fingerprint density at radius 2 is 2.00 bits per heavy atom. The Bertz CT molecular complexity index is 1050. The number of carbonyl (C=O) groups excluding carboxylic acids is 1. The van der Waals surface area contributed by atoms with Crippen LogP contribution < -0.4 is 5.32 Å². The number of rotatable bonds is 6. The number of nitrogens with zero attached hydrogens (tertiary/aromatic N) is 2. The number of aryl methyl sites for hydroxylation is 1. The minimum absolute atomic E-state index is 0.163. The van der Waals surface area contributed by atoms with Crippen molar-refractivity contribution in [1.29, 1.82) is 0 Å². The first-order chi connectivity index (χ1) is 14.4. The lowest BCUT2D eigenvalue weighted by Crippen LogP contribution is -2.25. The summed E-state index contributed by atoms with van der Waals surface area (Å²) >= 11 is 0. The van der Waals surface area contributed by atoms with Crippen molar-refractivity contribution in [2.24, 2.45) is 0 Å². The van der Waals surface area contributed by atoms with Crippen LogP contribution in [0.15, 0.2) is 41.0 Å². The Morgan fingerprint density at radius 3 is 2.70 bits per heavy atom. The highest BCUT2D eigenvalue weighted by Crippen LogP contribution is 2.42. The smallest absolute Gasteiger partial charge is 0.435 e. The van der Waals surface area contributed by atoms with Crippen molar-refractivity contribution in [3.8, 4) is 16.9 Å². The molecule has 2 heterocycles. The fraction of sp³-hybridized carbons (Fsp3) is 0.333. The molecule has 1 aromatic carbocycles. The first-order valence-electron chi connectivity index (χ1n) is 9.53. The Hall–Kier alpha value is -3.07. The van der Waals surface area contributed by atoms with Crippen molar-refractivity contribution in [1.82, 2.24) is 15.1 Å². The van der Waals surface area contributed by atoms with Crippen LogP contribution in [0.1, 0.15) is 33.8 Å². The van der Waals surface area contributed by atoms with E-state index in [0.29, 0.717) is 54.3 Å². The first kappa shape index (κ1) is 20.2. The van der Waals surface area contributed by atoms with Crippen LogP contribution in [0.3, 0.4) is 0 Å². The number of benzene rings is 1. The van der Waals surface area contributed by atoms with E-state index in [2.05, 4.69) is 10.4 Å². The molecule has 4 rings (SSSR count). The van der Waals surface area contributed by atoms with Gasteiger partial charge in [0, 0.05) is 43.4 Å². The van der Waals surface area contributed by atoms with Crippen molar-refractivity contribution < 1.29 is 27.1 Å². The van der Waals surface area contributed by atoms with Crippen molar-refractivity contribution in [3.05, 3.63) is 59.2 Å². The quantitative estimate of drug-likeness (QED) is 0.613. The van der Waals surface area contributed by atoms with Gasteiger partial charge < -0.3 is 14.5 Å². The first-order valence-corrected chi connectivity index (χ1v) is 9.53. The summed E-state index contributed by atoms with van der Waals surface area (Å²) in [5.41, 5.74) is 1.12. The molecule has 1 amide bonds. The number of ether oxygens (including phenoxy) is 1. The zero-order valence-electron chi connectivity index (χ0n) is 16.3. The predicted molar refractivity (Wildman–Crippen MR) is 103 cm³/mol. The number of furan rings is 1. The summed E-state index contributed by atoms with van der Waals surface area (Å²) < 4.78 is 52.4. The van der Waals surface area contributed by atoms with Gasteiger partial charge in [0.1, 0.15) is 5.76 Å².